The van der Waals surface area contributed by atoms with E-state index >= 15 is 0 Å². The maximum Gasteiger partial charge on any atom is 0.373 e. The van der Waals surface area contributed by atoms with Gasteiger partial charge in [0.2, 0.25) is 11.1 Å². The molecule has 0 aromatic heterocycles. The maximum atomic E-state index is 12.7. The van der Waals surface area contributed by atoms with Crippen LogP contribution in [0.5, 0.6) is 0 Å². The summed E-state index contributed by atoms with van der Waals surface area (Å²) >= 11 is 15.1. The highest BCUT2D eigenvalue weighted by molar-refractivity contribution is 6.67. The summed E-state index contributed by atoms with van der Waals surface area (Å²) in [5, 5.41) is 1.83. The van der Waals surface area contributed by atoms with Gasteiger partial charge in [0.05, 0.1) is 28.6 Å². The molecule has 2 unspecified atom stereocenters. The topological polar surface area (TPSA) is 181 Å². The molecule has 5 amide bonds. The van der Waals surface area contributed by atoms with E-state index in [-0.39, 0.29) is 30.0 Å². The van der Waals surface area contributed by atoms with E-state index in [1.807, 2.05) is 84.9 Å². The first-order chi connectivity index (χ1) is 25.4. The summed E-state index contributed by atoms with van der Waals surface area (Å²) in [6.45, 7) is 4.32. The Labute approximate surface area is 320 Å². The Morgan fingerprint density at radius 2 is 0.981 bits per heavy atom. The summed E-state index contributed by atoms with van der Waals surface area (Å²) in [5.41, 5.74) is 13.5. The number of hydrogen-bond acceptors (Lipinski definition) is 8. The normalized spacial score (nSPS) is 14.2. The molecule has 0 saturated heterocycles. The molecule has 3 N–H and O–H groups in total. The van der Waals surface area contributed by atoms with Crippen LogP contribution in [0.2, 0.25) is 0 Å². The number of fused-ring (bicyclic) bond motifs is 4. The number of nitrogens with zero attached hydrogens (tertiary/aromatic N) is 2. The lowest BCUT2D eigenvalue weighted by atomic mass is 9.94. The van der Waals surface area contributed by atoms with Crippen molar-refractivity contribution < 1.29 is 38.4 Å². The van der Waals surface area contributed by atoms with Crippen LogP contribution in [0.1, 0.15) is 47.9 Å². The number of nitrogens with one attached hydrogen (secondary N) is 1. The zero-order chi connectivity index (χ0) is 39.5. The lowest BCUT2D eigenvalue weighted by Crippen LogP contribution is -2.41. The number of hydrogen-bond donors (Lipinski definition) is 2. The summed E-state index contributed by atoms with van der Waals surface area (Å²) in [7, 11) is 0. The fraction of sp³-hybridized carbons (Fsp3) is 0.211. The predicted molar refractivity (Wildman–Crippen MR) is 200 cm³/mol. The van der Waals surface area contributed by atoms with E-state index < -0.39 is 23.2 Å². The average molecular weight is 782 g/mol. The van der Waals surface area contributed by atoms with Crippen molar-refractivity contribution in [1.29, 1.82) is 0 Å². The minimum absolute atomic E-state index is 0.0957. The Bertz CT molecular complexity index is 1950. The molecule has 4 aromatic carbocycles. The third-order valence-corrected chi connectivity index (χ3v) is 8.59. The Morgan fingerprint density at radius 3 is 1.36 bits per heavy atom. The molecule has 2 atom stereocenters. The van der Waals surface area contributed by atoms with Gasteiger partial charge in [0.1, 0.15) is 5.88 Å². The van der Waals surface area contributed by atoms with Gasteiger partial charge in [-0.25, -0.2) is 9.59 Å². The van der Waals surface area contributed by atoms with E-state index in [2.05, 4.69) is 31.3 Å². The van der Waals surface area contributed by atoms with Crippen LogP contribution in [0.3, 0.4) is 0 Å². The molecule has 0 bridgehead atoms. The first-order valence-corrected chi connectivity index (χ1v) is 17.2. The van der Waals surface area contributed by atoms with Crippen LogP contribution in [0.25, 0.3) is 0 Å². The molecule has 12 nitrogen and oxygen atoms in total. The van der Waals surface area contributed by atoms with Crippen molar-refractivity contribution >= 4 is 93.1 Å². The predicted octanol–water partition coefficient (Wildman–Crippen LogP) is 7.35. The summed E-state index contributed by atoms with van der Waals surface area (Å²) in [4.78, 5) is 81.3. The van der Waals surface area contributed by atoms with Gasteiger partial charge in [-0.05, 0) is 82.8 Å². The summed E-state index contributed by atoms with van der Waals surface area (Å²) in [5.74, 6) is -0.222. The number of nitrogens with two attached hydrogens (primary N) is 1. The third kappa shape index (κ3) is 12.2. The quantitative estimate of drug-likeness (QED) is 0.156. The lowest BCUT2D eigenvalue weighted by molar-refractivity contribution is -0.193. The second kappa shape index (κ2) is 22.4. The molecular weight excluding hydrogens is 747 g/mol. The van der Waals surface area contributed by atoms with Crippen LogP contribution in [-0.4, -0.2) is 47.3 Å². The number of urea groups is 2. The minimum Gasteiger partial charge on any atom is -0.351 e. The SMILES string of the molecule is CC1Cc2ccccc2N(C(=O)NC(=O)CCl)c2ccccc21.CC1Cc2ccccc2N(C(N)=O)c2ccccc21.O=C(Cl)CCl.O=C=O.O=C=O. The molecule has 15 heteroatoms. The van der Waals surface area contributed by atoms with E-state index in [4.69, 9.17) is 59.7 Å². The fourth-order valence-corrected chi connectivity index (χ4v) is 5.89. The Hall–Kier alpha value is -5.61. The zero-order valence-corrected chi connectivity index (χ0v) is 30.9. The third-order valence-electron chi connectivity index (χ3n) is 7.83. The molecular formula is C38H35Cl3N4O8. The highest BCUT2D eigenvalue weighted by Crippen LogP contribution is 2.41. The number of amides is 5. The highest BCUT2D eigenvalue weighted by atomic mass is 35.5. The number of primary amides is 1. The summed E-state index contributed by atoms with van der Waals surface area (Å²) in [6.07, 6.45) is 2.25. The number of carbonyl (C=O) groups is 4. The largest absolute Gasteiger partial charge is 0.373 e. The zero-order valence-electron chi connectivity index (χ0n) is 28.6. The van der Waals surface area contributed by atoms with Crippen molar-refractivity contribution in [2.45, 2.75) is 38.5 Å². The van der Waals surface area contributed by atoms with E-state index in [1.165, 1.54) is 0 Å². The smallest absolute Gasteiger partial charge is 0.351 e. The molecule has 2 heterocycles. The molecule has 53 heavy (non-hydrogen) atoms. The summed E-state index contributed by atoms with van der Waals surface area (Å²) < 4.78 is 0. The number of carbonyl (C=O) groups excluding carboxylic acids is 8. The molecule has 0 aliphatic carbocycles. The number of imide groups is 1. The minimum atomic E-state index is -0.510. The molecule has 2 aliphatic heterocycles. The Balaban J connectivity index is 0.000000291. The van der Waals surface area contributed by atoms with Gasteiger partial charge in [-0.15, -0.1) is 23.2 Å². The van der Waals surface area contributed by atoms with Gasteiger partial charge in [0.15, 0.2) is 0 Å². The first-order valence-electron chi connectivity index (χ1n) is 15.8. The number of alkyl halides is 2. The van der Waals surface area contributed by atoms with Gasteiger partial charge in [0.25, 0.3) is 0 Å². The van der Waals surface area contributed by atoms with Gasteiger partial charge in [0, 0.05) is 0 Å². The van der Waals surface area contributed by atoms with Crippen molar-refractivity contribution in [3.8, 4) is 0 Å². The molecule has 0 saturated carbocycles. The molecule has 6 rings (SSSR count). The van der Waals surface area contributed by atoms with Gasteiger partial charge < -0.3 is 5.73 Å². The van der Waals surface area contributed by atoms with E-state index in [0.29, 0.717) is 5.92 Å². The van der Waals surface area contributed by atoms with Gasteiger partial charge in [-0.2, -0.15) is 19.2 Å². The average Bonchev–Trinajstić information content (AvgIpc) is 3.36. The van der Waals surface area contributed by atoms with Crippen LogP contribution in [0, 0.1) is 0 Å². The Kier molecular flexibility index (Phi) is 18.4. The number of anilines is 4. The molecule has 2 aliphatic rings. The molecule has 0 fully saturated rings. The van der Waals surface area contributed by atoms with Gasteiger partial charge in [-0.3, -0.25) is 24.7 Å². The highest BCUT2D eigenvalue weighted by Gasteiger charge is 2.29. The van der Waals surface area contributed by atoms with Crippen LogP contribution in [0.4, 0.5) is 32.3 Å². The summed E-state index contributed by atoms with van der Waals surface area (Å²) in [6, 6.07) is 30.6. The van der Waals surface area contributed by atoms with Crippen LogP contribution in [-0.2, 0) is 41.6 Å². The van der Waals surface area contributed by atoms with Crippen molar-refractivity contribution in [1.82, 2.24) is 5.32 Å². The second-order valence-corrected chi connectivity index (χ2v) is 12.2. The molecule has 4 aromatic rings. The van der Waals surface area contributed by atoms with Gasteiger partial charge >= 0.3 is 24.4 Å². The van der Waals surface area contributed by atoms with Gasteiger partial charge in [-0.1, -0.05) is 86.6 Å². The van der Waals surface area contributed by atoms with Crippen LogP contribution >= 0.6 is 34.8 Å². The fourth-order valence-electron chi connectivity index (χ4n) is 5.82. The number of halogens is 3. The van der Waals surface area contributed by atoms with Crippen LogP contribution in [0.15, 0.2) is 97.1 Å². The van der Waals surface area contributed by atoms with Crippen molar-refractivity contribution in [3.05, 3.63) is 119 Å². The Morgan fingerprint density at radius 1 is 0.642 bits per heavy atom. The van der Waals surface area contributed by atoms with Crippen molar-refractivity contribution in [3.63, 3.8) is 0 Å². The van der Waals surface area contributed by atoms with E-state index in [9.17, 15) is 19.2 Å². The standard InChI is InChI=1S/C18H17ClN2O2.C16H16N2O.C2H2Cl2O.2CO2/c1-12-10-13-6-2-4-8-15(13)21(18(23)20-17(22)11-19)16-9-5-3-7-14(12)16;1-11-10-12-6-2-4-8-14(12)18(16(17)19)15-9-5-3-7-13(11)15;3-1-2(4)5;2*2-1-3/h2-9,12H,10-11H2,1H3,(H,20,22,23);2-9,11H,10H2,1H3,(H2,17,19);1H2;;. The second-order valence-electron chi connectivity index (χ2n) is 11.2. The first kappa shape index (κ1) is 43.6. The van der Waals surface area contributed by atoms with E-state index in [1.54, 1.807) is 9.80 Å². The van der Waals surface area contributed by atoms with Crippen molar-refractivity contribution in [2.75, 3.05) is 21.6 Å². The molecule has 276 valence electrons. The monoisotopic (exact) mass is 780 g/mol. The van der Waals surface area contributed by atoms with Crippen molar-refractivity contribution in [2.24, 2.45) is 5.73 Å². The maximum absolute atomic E-state index is 12.7. The molecule has 0 radical (unpaired) electrons. The number of para-hydroxylation sites is 4. The number of rotatable bonds is 2. The van der Waals surface area contributed by atoms with Crippen LogP contribution < -0.4 is 20.9 Å². The van der Waals surface area contributed by atoms with E-state index in [0.717, 1.165) is 57.8 Å². The lowest BCUT2D eigenvalue weighted by Gasteiger charge is -2.25. The number of benzene rings is 4. The molecule has 0 spiro atoms.